The van der Waals surface area contributed by atoms with Crippen LogP contribution in [0.5, 0.6) is 0 Å². The maximum absolute atomic E-state index is 12.8. The first-order valence-electron chi connectivity index (χ1n) is 8.91. The lowest BCUT2D eigenvalue weighted by Gasteiger charge is -2.29. The van der Waals surface area contributed by atoms with Gasteiger partial charge in [-0.05, 0) is 40.0 Å². The highest BCUT2D eigenvalue weighted by atomic mass is 16.2. The van der Waals surface area contributed by atoms with E-state index >= 15 is 0 Å². The molecule has 1 unspecified atom stereocenters. The van der Waals surface area contributed by atoms with Crippen molar-refractivity contribution in [2.75, 3.05) is 12.4 Å². The van der Waals surface area contributed by atoms with Crippen molar-refractivity contribution in [2.24, 2.45) is 5.92 Å². The van der Waals surface area contributed by atoms with Gasteiger partial charge in [-0.3, -0.25) is 9.59 Å². The number of benzene rings is 1. The fourth-order valence-electron chi connectivity index (χ4n) is 2.81. The zero-order chi connectivity index (χ0) is 19.6. The molecule has 0 aliphatic heterocycles. The number of hydrogen-bond acceptors (Lipinski definition) is 2. The van der Waals surface area contributed by atoms with Crippen molar-refractivity contribution in [2.45, 2.75) is 72.3 Å². The molecule has 4 nitrogen and oxygen atoms in total. The molecule has 1 aromatic carbocycles. The molecule has 1 rings (SSSR count). The van der Waals surface area contributed by atoms with Crippen LogP contribution in [0.15, 0.2) is 18.2 Å². The van der Waals surface area contributed by atoms with Gasteiger partial charge in [0.2, 0.25) is 12.3 Å². The standard InChI is InChI=1S/C21H34N2O2/c1-14(2)18(23(9)13-24)19(25)22-17-11-15(20(3,4)5)10-16(12-17)21(6,7)8/h10-14,18H,1-9H3,(H,22,25). The molecule has 25 heavy (non-hydrogen) atoms. The molecule has 0 heterocycles. The lowest BCUT2D eigenvalue weighted by molar-refractivity contribution is -0.130. The van der Waals surface area contributed by atoms with E-state index in [1.807, 2.05) is 26.0 Å². The van der Waals surface area contributed by atoms with Crippen molar-refractivity contribution in [3.05, 3.63) is 29.3 Å². The summed E-state index contributed by atoms with van der Waals surface area (Å²) in [6.45, 7) is 16.9. The van der Waals surface area contributed by atoms with Crippen LogP contribution >= 0.6 is 0 Å². The van der Waals surface area contributed by atoms with Gasteiger partial charge in [0.1, 0.15) is 6.04 Å². The Hall–Kier alpha value is -1.84. The molecule has 0 saturated carbocycles. The second-order valence-electron chi connectivity index (χ2n) is 9.25. The summed E-state index contributed by atoms with van der Waals surface area (Å²) < 4.78 is 0. The maximum Gasteiger partial charge on any atom is 0.247 e. The Bertz CT molecular complexity index is 590. The van der Waals surface area contributed by atoms with Crippen LogP contribution in [-0.2, 0) is 20.4 Å². The third-order valence-electron chi connectivity index (χ3n) is 4.44. The molecule has 4 heteroatoms. The van der Waals surface area contributed by atoms with Crippen LogP contribution in [-0.4, -0.2) is 30.3 Å². The first-order valence-corrected chi connectivity index (χ1v) is 8.91. The molecule has 0 aliphatic carbocycles. The molecule has 2 amide bonds. The molecule has 0 saturated heterocycles. The zero-order valence-corrected chi connectivity index (χ0v) is 17.2. The van der Waals surface area contributed by atoms with Gasteiger partial charge in [-0.25, -0.2) is 0 Å². The van der Waals surface area contributed by atoms with Gasteiger partial charge >= 0.3 is 0 Å². The SMILES string of the molecule is CC(C)C(C(=O)Nc1cc(C(C)(C)C)cc(C(C)(C)C)c1)N(C)C=O. The summed E-state index contributed by atoms with van der Waals surface area (Å²) in [5.41, 5.74) is 3.11. The van der Waals surface area contributed by atoms with E-state index in [4.69, 9.17) is 0 Å². The molecule has 0 radical (unpaired) electrons. The molecule has 0 aliphatic rings. The average Bonchev–Trinajstić information content (AvgIpc) is 2.44. The van der Waals surface area contributed by atoms with Crippen molar-refractivity contribution < 1.29 is 9.59 Å². The second-order valence-corrected chi connectivity index (χ2v) is 9.25. The molecule has 140 valence electrons. The van der Waals surface area contributed by atoms with Crippen LogP contribution in [0.4, 0.5) is 5.69 Å². The maximum atomic E-state index is 12.8. The monoisotopic (exact) mass is 346 g/mol. The number of anilines is 1. The number of hydrogen-bond donors (Lipinski definition) is 1. The number of rotatable bonds is 5. The van der Waals surface area contributed by atoms with E-state index in [-0.39, 0.29) is 22.7 Å². The molecular weight excluding hydrogens is 312 g/mol. The van der Waals surface area contributed by atoms with E-state index < -0.39 is 6.04 Å². The molecule has 0 fully saturated rings. The normalized spacial score (nSPS) is 13.5. The van der Waals surface area contributed by atoms with E-state index in [9.17, 15) is 9.59 Å². The fraction of sp³-hybridized carbons (Fsp3) is 0.619. The second kappa shape index (κ2) is 7.59. The Morgan fingerprint density at radius 3 is 1.76 bits per heavy atom. The summed E-state index contributed by atoms with van der Waals surface area (Å²) in [7, 11) is 1.64. The third kappa shape index (κ3) is 5.58. The minimum absolute atomic E-state index is 0.0161. The summed E-state index contributed by atoms with van der Waals surface area (Å²) in [4.78, 5) is 25.3. The van der Waals surface area contributed by atoms with E-state index in [2.05, 4.69) is 52.9 Å². The summed E-state index contributed by atoms with van der Waals surface area (Å²) in [6.07, 6.45) is 0.705. The molecule has 1 aromatic rings. The molecule has 0 spiro atoms. The van der Waals surface area contributed by atoms with Crippen LogP contribution in [0.2, 0.25) is 0 Å². The highest BCUT2D eigenvalue weighted by molar-refractivity contribution is 5.96. The minimum Gasteiger partial charge on any atom is -0.336 e. The molecule has 0 bridgehead atoms. The summed E-state index contributed by atoms with van der Waals surface area (Å²) in [6, 6.07) is 5.79. The Kier molecular flexibility index (Phi) is 6.44. The van der Waals surface area contributed by atoms with Gasteiger partial charge in [-0.15, -0.1) is 0 Å². The first kappa shape index (κ1) is 21.2. The lowest BCUT2D eigenvalue weighted by atomic mass is 9.80. The predicted octanol–water partition coefficient (Wildman–Crippen LogP) is 4.33. The number of carbonyl (C=O) groups is 2. The van der Waals surface area contributed by atoms with E-state index in [1.165, 1.54) is 16.0 Å². The van der Waals surface area contributed by atoms with Gasteiger partial charge in [-0.2, -0.15) is 0 Å². The van der Waals surface area contributed by atoms with Crippen LogP contribution in [0.3, 0.4) is 0 Å². The largest absolute Gasteiger partial charge is 0.336 e. The van der Waals surface area contributed by atoms with Crippen molar-refractivity contribution in [1.29, 1.82) is 0 Å². The summed E-state index contributed by atoms with van der Waals surface area (Å²) in [5.74, 6) is -0.126. The first-order chi connectivity index (χ1) is 11.3. The number of likely N-dealkylation sites (N-methyl/N-ethyl adjacent to an activating group) is 1. The summed E-state index contributed by atoms with van der Waals surface area (Å²) in [5, 5.41) is 3.02. The van der Waals surface area contributed by atoms with E-state index in [1.54, 1.807) is 7.05 Å². The van der Waals surface area contributed by atoms with Gasteiger partial charge in [-0.1, -0.05) is 61.5 Å². The highest BCUT2D eigenvalue weighted by Gasteiger charge is 2.27. The number of carbonyl (C=O) groups excluding carboxylic acids is 2. The summed E-state index contributed by atoms with van der Waals surface area (Å²) >= 11 is 0. The minimum atomic E-state index is -0.492. The molecule has 1 atom stereocenters. The predicted molar refractivity (Wildman–Crippen MR) is 105 cm³/mol. The Balaban J connectivity index is 3.28. The fourth-order valence-corrected chi connectivity index (χ4v) is 2.81. The molecular formula is C21H34N2O2. The van der Waals surface area contributed by atoms with Gasteiger partial charge in [0.25, 0.3) is 0 Å². The number of nitrogens with zero attached hydrogens (tertiary/aromatic N) is 1. The van der Waals surface area contributed by atoms with Gasteiger partial charge in [0.05, 0.1) is 0 Å². The third-order valence-corrected chi connectivity index (χ3v) is 4.44. The average molecular weight is 347 g/mol. The topological polar surface area (TPSA) is 49.4 Å². The van der Waals surface area contributed by atoms with Crippen molar-refractivity contribution in [3.8, 4) is 0 Å². The smallest absolute Gasteiger partial charge is 0.247 e. The van der Waals surface area contributed by atoms with Crippen molar-refractivity contribution in [1.82, 2.24) is 4.90 Å². The number of nitrogens with one attached hydrogen (secondary N) is 1. The Morgan fingerprint density at radius 1 is 1.00 bits per heavy atom. The zero-order valence-electron chi connectivity index (χ0n) is 17.2. The van der Waals surface area contributed by atoms with Crippen molar-refractivity contribution in [3.63, 3.8) is 0 Å². The molecule has 1 N–H and O–H groups in total. The van der Waals surface area contributed by atoms with E-state index in [0.29, 0.717) is 6.41 Å². The Labute approximate surface area is 153 Å². The number of amides is 2. The lowest BCUT2D eigenvalue weighted by Crippen LogP contribution is -2.44. The Morgan fingerprint density at radius 2 is 1.44 bits per heavy atom. The highest BCUT2D eigenvalue weighted by Crippen LogP contribution is 2.32. The van der Waals surface area contributed by atoms with Crippen LogP contribution in [0, 0.1) is 5.92 Å². The van der Waals surface area contributed by atoms with Crippen LogP contribution < -0.4 is 5.32 Å². The van der Waals surface area contributed by atoms with E-state index in [0.717, 1.165) is 5.69 Å². The van der Waals surface area contributed by atoms with Gasteiger partial charge < -0.3 is 10.2 Å². The van der Waals surface area contributed by atoms with Crippen LogP contribution in [0.25, 0.3) is 0 Å². The van der Waals surface area contributed by atoms with Crippen LogP contribution in [0.1, 0.15) is 66.5 Å². The van der Waals surface area contributed by atoms with Crippen molar-refractivity contribution >= 4 is 18.0 Å². The van der Waals surface area contributed by atoms with Gasteiger partial charge in [0, 0.05) is 12.7 Å². The van der Waals surface area contributed by atoms with Gasteiger partial charge in [0.15, 0.2) is 0 Å². The molecule has 0 aromatic heterocycles. The quantitative estimate of drug-likeness (QED) is 0.807.